The molecule has 2 saturated heterocycles. The maximum Gasteiger partial charge on any atom is 0.229 e. The SMILES string of the molecule is COc1cc2c(cc1CN1CC[C@@]3(CCCN(C)C3=O)C1)CCC2. The van der Waals surface area contributed by atoms with Crippen molar-refractivity contribution >= 4 is 5.91 Å². The van der Waals surface area contributed by atoms with E-state index in [1.807, 2.05) is 11.9 Å². The van der Waals surface area contributed by atoms with Gasteiger partial charge in [0.1, 0.15) is 5.75 Å². The minimum absolute atomic E-state index is 0.128. The maximum absolute atomic E-state index is 12.7. The number of benzene rings is 1. The molecule has 0 unspecified atom stereocenters. The van der Waals surface area contributed by atoms with Gasteiger partial charge in [-0.3, -0.25) is 9.69 Å². The molecular weight excluding hydrogens is 300 g/mol. The van der Waals surface area contributed by atoms with Crippen LogP contribution in [0.25, 0.3) is 0 Å². The minimum Gasteiger partial charge on any atom is -0.496 e. The Kier molecular flexibility index (Phi) is 4.03. The maximum atomic E-state index is 12.7. The summed E-state index contributed by atoms with van der Waals surface area (Å²) in [6.07, 6.45) is 6.82. The van der Waals surface area contributed by atoms with Crippen LogP contribution in [0.1, 0.15) is 42.4 Å². The van der Waals surface area contributed by atoms with Crippen molar-refractivity contribution in [3.05, 3.63) is 28.8 Å². The van der Waals surface area contributed by atoms with Crippen LogP contribution in [-0.2, 0) is 24.2 Å². The zero-order valence-corrected chi connectivity index (χ0v) is 14.9. The molecule has 1 aliphatic carbocycles. The van der Waals surface area contributed by atoms with Crippen molar-refractivity contribution in [3.8, 4) is 5.75 Å². The Morgan fingerprint density at radius 2 is 1.92 bits per heavy atom. The summed E-state index contributed by atoms with van der Waals surface area (Å²) in [5.41, 5.74) is 4.11. The molecule has 0 aromatic heterocycles. The third-order valence-electron chi connectivity index (χ3n) is 6.27. The van der Waals surface area contributed by atoms with Gasteiger partial charge in [-0.05, 0) is 62.3 Å². The molecule has 0 bridgehead atoms. The third-order valence-corrected chi connectivity index (χ3v) is 6.27. The zero-order chi connectivity index (χ0) is 16.7. The van der Waals surface area contributed by atoms with Gasteiger partial charge in [0.15, 0.2) is 0 Å². The van der Waals surface area contributed by atoms with Crippen LogP contribution < -0.4 is 4.74 Å². The van der Waals surface area contributed by atoms with E-state index in [0.29, 0.717) is 5.91 Å². The average Bonchev–Trinajstić information content (AvgIpc) is 3.19. The lowest BCUT2D eigenvalue weighted by molar-refractivity contribution is -0.143. The van der Waals surface area contributed by atoms with Crippen LogP contribution in [-0.4, -0.2) is 49.5 Å². The largest absolute Gasteiger partial charge is 0.496 e. The predicted molar refractivity (Wildman–Crippen MR) is 94.2 cm³/mol. The quantitative estimate of drug-likeness (QED) is 0.855. The van der Waals surface area contributed by atoms with E-state index in [-0.39, 0.29) is 5.41 Å². The highest BCUT2D eigenvalue weighted by atomic mass is 16.5. The molecule has 1 amide bonds. The fourth-order valence-corrected chi connectivity index (χ4v) is 4.95. The van der Waals surface area contributed by atoms with Crippen molar-refractivity contribution in [1.82, 2.24) is 9.80 Å². The van der Waals surface area contributed by atoms with Gasteiger partial charge in [0.2, 0.25) is 5.91 Å². The summed E-state index contributed by atoms with van der Waals surface area (Å²) in [5, 5.41) is 0. The first kappa shape index (κ1) is 15.9. The molecule has 1 spiro atoms. The molecule has 1 aromatic rings. The monoisotopic (exact) mass is 328 g/mol. The molecule has 1 atom stereocenters. The van der Waals surface area contributed by atoms with Gasteiger partial charge in [-0.2, -0.15) is 0 Å². The Bertz CT molecular complexity index is 657. The normalized spacial score (nSPS) is 27.1. The van der Waals surface area contributed by atoms with Crippen LogP contribution in [0.2, 0.25) is 0 Å². The number of nitrogens with zero attached hydrogens (tertiary/aromatic N) is 2. The second-order valence-electron chi connectivity index (χ2n) is 7.86. The van der Waals surface area contributed by atoms with Crippen LogP contribution in [0.3, 0.4) is 0 Å². The van der Waals surface area contributed by atoms with E-state index >= 15 is 0 Å². The van der Waals surface area contributed by atoms with Crippen molar-refractivity contribution in [2.45, 2.75) is 45.1 Å². The molecule has 0 saturated carbocycles. The number of hydrogen-bond donors (Lipinski definition) is 0. The summed E-state index contributed by atoms with van der Waals surface area (Å²) in [6.45, 7) is 3.73. The third kappa shape index (κ3) is 2.61. The van der Waals surface area contributed by atoms with E-state index in [0.717, 1.165) is 51.2 Å². The highest BCUT2D eigenvalue weighted by molar-refractivity contribution is 5.83. The first-order valence-corrected chi connectivity index (χ1v) is 9.28. The Morgan fingerprint density at radius 3 is 2.71 bits per heavy atom. The molecule has 4 nitrogen and oxygen atoms in total. The lowest BCUT2D eigenvalue weighted by Gasteiger charge is -2.37. The summed E-state index contributed by atoms with van der Waals surface area (Å²) in [4.78, 5) is 17.1. The first-order valence-electron chi connectivity index (χ1n) is 9.28. The highest BCUT2D eigenvalue weighted by Gasteiger charge is 2.47. The van der Waals surface area contributed by atoms with Crippen molar-refractivity contribution in [1.29, 1.82) is 0 Å². The van der Waals surface area contributed by atoms with Gasteiger partial charge < -0.3 is 9.64 Å². The molecule has 0 N–H and O–H groups in total. The fraction of sp³-hybridized carbons (Fsp3) is 0.650. The average molecular weight is 328 g/mol. The smallest absolute Gasteiger partial charge is 0.229 e. The van der Waals surface area contributed by atoms with Crippen molar-refractivity contribution in [2.24, 2.45) is 5.41 Å². The first-order chi connectivity index (χ1) is 11.6. The van der Waals surface area contributed by atoms with Gasteiger partial charge in [-0.1, -0.05) is 6.07 Å². The van der Waals surface area contributed by atoms with Crippen molar-refractivity contribution < 1.29 is 9.53 Å². The number of fused-ring (bicyclic) bond motifs is 1. The van der Waals surface area contributed by atoms with Gasteiger partial charge in [-0.15, -0.1) is 0 Å². The number of aryl methyl sites for hydroxylation is 2. The molecule has 4 rings (SSSR count). The van der Waals surface area contributed by atoms with Crippen LogP contribution in [0.4, 0.5) is 0 Å². The minimum atomic E-state index is -0.128. The van der Waals surface area contributed by atoms with Gasteiger partial charge in [0.05, 0.1) is 12.5 Å². The van der Waals surface area contributed by atoms with E-state index in [4.69, 9.17) is 4.74 Å². The van der Waals surface area contributed by atoms with Gasteiger partial charge >= 0.3 is 0 Å². The number of amides is 1. The lowest BCUT2D eigenvalue weighted by atomic mass is 9.78. The van der Waals surface area contributed by atoms with Crippen LogP contribution in [0, 0.1) is 5.41 Å². The zero-order valence-electron chi connectivity index (χ0n) is 14.9. The number of carbonyl (C=O) groups is 1. The topological polar surface area (TPSA) is 32.8 Å². The summed E-state index contributed by atoms with van der Waals surface area (Å²) >= 11 is 0. The van der Waals surface area contributed by atoms with E-state index in [9.17, 15) is 4.79 Å². The summed E-state index contributed by atoms with van der Waals surface area (Å²) in [6, 6.07) is 4.59. The van der Waals surface area contributed by atoms with Crippen molar-refractivity contribution in [2.75, 3.05) is 33.8 Å². The van der Waals surface area contributed by atoms with Gasteiger partial charge in [0, 0.05) is 32.2 Å². The molecule has 2 fully saturated rings. The Morgan fingerprint density at radius 1 is 1.12 bits per heavy atom. The Labute approximate surface area is 144 Å². The Hall–Kier alpha value is -1.55. The van der Waals surface area contributed by atoms with E-state index in [2.05, 4.69) is 17.0 Å². The van der Waals surface area contributed by atoms with Gasteiger partial charge in [0.25, 0.3) is 0 Å². The number of piperidine rings is 1. The lowest BCUT2D eigenvalue weighted by Crippen LogP contribution is -2.48. The predicted octanol–water partition coefficient (Wildman–Crippen LogP) is 2.63. The molecule has 2 heterocycles. The van der Waals surface area contributed by atoms with E-state index < -0.39 is 0 Å². The number of hydrogen-bond acceptors (Lipinski definition) is 3. The molecular formula is C20H28N2O2. The molecule has 1 aromatic carbocycles. The number of methoxy groups -OCH3 is 1. The number of likely N-dealkylation sites (tertiary alicyclic amines) is 2. The molecule has 4 heteroatoms. The summed E-state index contributed by atoms with van der Waals surface area (Å²) in [7, 11) is 3.72. The van der Waals surface area contributed by atoms with Gasteiger partial charge in [-0.25, -0.2) is 0 Å². The number of rotatable bonds is 3. The van der Waals surface area contributed by atoms with Crippen molar-refractivity contribution in [3.63, 3.8) is 0 Å². The molecule has 24 heavy (non-hydrogen) atoms. The highest BCUT2D eigenvalue weighted by Crippen LogP contribution is 2.41. The standard InChI is InChI=1S/C20H28N2O2/c1-21-9-4-7-20(19(21)23)8-10-22(14-20)13-17-11-15-5-3-6-16(15)12-18(17)24-2/h11-12H,3-10,13-14H2,1-2H3/t20-/m0/s1. The Balaban J connectivity index is 1.52. The van der Waals surface area contributed by atoms with Crippen LogP contribution >= 0.6 is 0 Å². The second-order valence-corrected chi connectivity index (χ2v) is 7.86. The summed E-state index contributed by atoms with van der Waals surface area (Å²) < 4.78 is 5.65. The second kappa shape index (κ2) is 6.07. The fourth-order valence-electron chi connectivity index (χ4n) is 4.95. The van der Waals surface area contributed by atoms with Crippen LogP contribution in [0.5, 0.6) is 5.75 Å². The summed E-state index contributed by atoms with van der Waals surface area (Å²) in [5.74, 6) is 1.38. The molecule has 130 valence electrons. The molecule has 0 radical (unpaired) electrons. The van der Waals surface area contributed by atoms with Crippen LogP contribution in [0.15, 0.2) is 12.1 Å². The molecule has 2 aliphatic heterocycles. The molecule has 3 aliphatic rings. The van der Waals surface area contributed by atoms with E-state index in [1.54, 1.807) is 7.11 Å². The number of ether oxygens (including phenoxy) is 1. The van der Waals surface area contributed by atoms with E-state index in [1.165, 1.54) is 36.0 Å². The number of carbonyl (C=O) groups excluding carboxylic acids is 1.